The van der Waals surface area contributed by atoms with E-state index in [9.17, 15) is 4.79 Å². The SMILES string of the molecule is CN(C)CCCNC(=O)CSc1ccc2ccccc2n1. The van der Waals surface area contributed by atoms with E-state index in [-0.39, 0.29) is 5.91 Å². The van der Waals surface area contributed by atoms with Gasteiger partial charge in [0.15, 0.2) is 0 Å². The highest BCUT2D eigenvalue weighted by molar-refractivity contribution is 7.99. The smallest absolute Gasteiger partial charge is 0.230 e. The van der Waals surface area contributed by atoms with Crippen LogP contribution in [0.2, 0.25) is 0 Å². The molecule has 0 atom stereocenters. The van der Waals surface area contributed by atoms with Gasteiger partial charge in [-0.25, -0.2) is 4.98 Å². The second kappa shape index (κ2) is 8.00. The molecule has 4 nitrogen and oxygen atoms in total. The molecule has 0 aliphatic rings. The van der Waals surface area contributed by atoms with Gasteiger partial charge in [-0.15, -0.1) is 0 Å². The van der Waals surface area contributed by atoms with Crippen molar-refractivity contribution in [3.8, 4) is 0 Å². The van der Waals surface area contributed by atoms with Crippen LogP contribution in [0.4, 0.5) is 0 Å². The number of amides is 1. The van der Waals surface area contributed by atoms with E-state index in [0.717, 1.165) is 35.4 Å². The molecule has 21 heavy (non-hydrogen) atoms. The number of nitrogens with one attached hydrogen (secondary N) is 1. The lowest BCUT2D eigenvalue weighted by molar-refractivity contribution is -0.118. The Morgan fingerprint density at radius 2 is 2.05 bits per heavy atom. The molecule has 1 amide bonds. The third-order valence-corrected chi connectivity index (χ3v) is 3.96. The molecule has 0 spiro atoms. The molecule has 2 rings (SSSR count). The molecule has 1 aromatic heterocycles. The van der Waals surface area contributed by atoms with Crippen LogP contribution in [-0.4, -0.2) is 48.7 Å². The van der Waals surface area contributed by atoms with E-state index in [1.54, 1.807) is 0 Å². The van der Waals surface area contributed by atoms with Crippen molar-refractivity contribution in [2.24, 2.45) is 0 Å². The number of hydrogen-bond donors (Lipinski definition) is 1. The zero-order valence-corrected chi connectivity index (χ0v) is 13.3. The largest absolute Gasteiger partial charge is 0.355 e. The summed E-state index contributed by atoms with van der Waals surface area (Å²) in [7, 11) is 4.06. The third kappa shape index (κ3) is 5.36. The number of nitrogens with zero attached hydrogens (tertiary/aromatic N) is 2. The van der Waals surface area contributed by atoms with Gasteiger partial charge in [0.25, 0.3) is 0 Å². The van der Waals surface area contributed by atoms with Gasteiger partial charge in [0, 0.05) is 11.9 Å². The number of benzene rings is 1. The standard InChI is InChI=1S/C16H21N3OS/c1-19(2)11-5-10-17-15(20)12-21-16-9-8-13-6-3-4-7-14(13)18-16/h3-4,6-9H,5,10-12H2,1-2H3,(H,17,20). The van der Waals surface area contributed by atoms with Gasteiger partial charge in [0.2, 0.25) is 5.91 Å². The molecule has 0 aliphatic heterocycles. The van der Waals surface area contributed by atoms with E-state index in [0.29, 0.717) is 5.75 Å². The number of pyridine rings is 1. The van der Waals surface area contributed by atoms with E-state index in [1.165, 1.54) is 11.8 Å². The highest BCUT2D eigenvalue weighted by Crippen LogP contribution is 2.19. The van der Waals surface area contributed by atoms with Crippen molar-refractivity contribution in [1.29, 1.82) is 0 Å². The Morgan fingerprint density at radius 3 is 2.86 bits per heavy atom. The zero-order chi connectivity index (χ0) is 15.1. The molecule has 0 bridgehead atoms. The number of rotatable bonds is 7. The minimum Gasteiger partial charge on any atom is -0.355 e. The van der Waals surface area contributed by atoms with Crippen LogP contribution in [0.3, 0.4) is 0 Å². The van der Waals surface area contributed by atoms with E-state index < -0.39 is 0 Å². The molecule has 5 heteroatoms. The molecule has 0 fully saturated rings. The van der Waals surface area contributed by atoms with Gasteiger partial charge in [0.05, 0.1) is 16.3 Å². The van der Waals surface area contributed by atoms with Crippen molar-refractivity contribution in [2.75, 3.05) is 32.9 Å². The average Bonchev–Trinajstić information content (AvgIpc) is 2.49. The van der Waals surface area contributed by atoms with Crippen molar-refractivity contribution in [1.82, 2.24) is 15.2 Å². The lowest BCUT2D eigenvalue weighted by Gasteiger charge is -2.09. The van der Waals surface area contributed by atoms with Crippen LogP contribution in [0.1, 0.15) is 6.42 Å². The summed E-state index contributed by atoms with van der Waals surface area (Å²) in [6, 6.07) is 12.0. The first-order valence-electron chi connectivity index (χ1n) is 7.05. The predicted molar refractivity (Wildman–Crippen MR) is 88.6 cm³/mol. The Balaban J connectivity index is 1.77. The number of hydrogen-bond acceptors (Lipinski definition) is 4. The first-order chi connectivity index (χ1) is 10.1. The highest BCUT2D eigenvalue weighted by atomic mass is 32.2. The predicted octanol–water partition coefficient (Wildman–Crippen LogP) is 2.39. The topological polar surface area (TPSA) is 45.2 Å². The van der Waals surface area contributed by atoms with Gasteiger partial charge in [-0.3, -0.25) is 4.79 Å². The van der Waals surface area contributed by atoms with Crippen LogP contribution >= 0.6 is 11.8 Å². The van der Waals surface area contributed by atoms with Crippen molar-refractivity contribution in [3.05, 3.63) is 36.4 Å². The number of carbonyl (C=O) groups is 1. The van der Waals surface area contributed by atoms with Crippen molar-refractivity contribution >= 4 is 28.6 Å². The maximum Gasteiger partial charge on any atom is 0.230 e. The second-order valence-electron chi connectivity index (χ2n) is 5.14. The van der Waals surface area contributed by atoms with Crippen LogP contribution < -0.4 is 5.32 Å². The quantitative estimate of drug-likeness (QED) is 0.630. The minimum absolute atomic E-state index is 0.0636. The van der Waals surface area contributed by atoms with Crippen molar-refractivity contribution in [3.63, 3.8) is 0 Å². The van der Waals surface area contributed by atoms with Gasteiger partial charge in [0.1, 0.15) is 0 Å². The van der Waals surface area contributed by atoms with Crippen LogP contribution in [0, 0.1) is 0 Å². The summed E-state index contributed by atoms with van der Waals surface area (Å²) in [5, 5.41) is 4.94. The molecule has 1 aromatic carbocycles. The molecular formula is C16H21N3OS. The van der Waals surface area contributed by atoms with Crippen LogP contribution in [0.15, 0.2) is 41.4 Å². The Kier molecular flexibility index (Phi) is 6.02. The second-order valence-corrected chi connectivity index (χ2v) is 6.13. The highest BCUT2D eigenvalue weighted by Gasteiger charge is 2.04. The van der Waals surface area contributed by atoms with E-state index in [1.807, 2.05) is 50.5 Å². The van der Waals surface area contributed by atoms with Gasteiger partial charge < -0.3 is 10.2 Å². The molecule has 1 N–H and O–H groups in total. The summed E-state index contributed by atoms with van der Waals surface area (Å²) in [5.74, 6) is 0.474. The number of thioether (sulfide) groups is 1. The summed E-state index contributed by atoms with van der Waals surface area (Å²) >= 11 is 1.47. The molecule has 0 radical (unpaired) electrons. The first-order valence-corrected chi connectivity index (χ1v) is 8.04. The summed E-state index contributed by atoms with van der Waals surface area (Å²) in [6.45, 7) is 1.71. The van der Waals surface area contributed by atoms with Gasteiger partial charge in [-0.05, 0) is 39.2 Å². The van der Waals surface area contributed by atoms with E-state index in [2.05, 4.69) is 15.2 Å². The van der Waals surface area contributed by atoms with Gasteiger partial charge >= 0.3 is 0 Å². The number of para-hydroxylation sites is 1. The fourth-order valence-corrected chi connectivity index (χ4v) is 2.65. The molecule has 0 saturated carbocycles. The van der Waals surface area contributed by atoms with Crippen LogP contribution in [0.25, 0.3) is 10.9 Å². The minimum atomic E-state index is 0.0636. The zero-order valence-electron chi connectivity index (χ0n) is 12.5. The van der Waals surface area contributed by atoms with Crippen LogP contribution in [-0.2, 0) is 4.79 Å². The molecule has 112 valence electrons. The maximum absolute atomic E-state index is 11.8. The Morgan fingerprint density at radius 1 is 1.24 bits per heavy atom. The normalized spacial score (nSPS) is 11.0. The fourth-order valence-electron chi connectivity index (χ4n) is 1.94. The lowest BCUT2D eigenvalue weighted by Crippen LogP contribution is -2.28. The molecule has 0 saturated heterocycles. The van der Waals surface area contributed by atoms with Crippen molar-refractivity contribution < 1.29 is 4.79 Å². The molecule has 0 unspecified atom stereocenters. The fraction of sp³-hybridized carbons (Fsp3) is 0.375. The summed E-state index contributed by atoms with van der Waals surface area (Å²) in [6.07, 6.45) is 0.970. The maximum atomic E-state index is 11.8. The number of aromatic nitrogens is 1. The number of carbonyl (C=O) groups excluding carboxylic acids is 1. The summed E-state index contributed by atoms with van der Waals surface area (Å²) < 4.78 is 0. The Bertz CT molecular complexity index is 601. The summed E-state index contributed by atoms with van der Waals surface area (Å²) in [4.78, 5) is 18.4. The Hall–Kier alpha value is -1.59. The summed E-state index contributed by atoms with van der Waals surface area (Å²) in [5.41, 5.74) is 0.967. The molecule has 2 aromatic rings. The molecule has 1 heterocycles. The average molecular weight is 303 g/mol. The number of fused-ring (bicyclic) bond motifs is 1. The molecular weight excluding hydrogens is 282 g/mol. The monoisotopic (exact) mass is 303 g/mol. The molecule has 0 aliphatic carbocycles. The van der Waals surface area contributed by atoms with Crippen molar-refractivity contribution in [2.45, 2.75) is 11.4 Å². The Labute approximate surface area is 129 Å². The lowest BCUT2D eigenvalue weighted by atomic mass is 10.2. The third-order valence-electron chi connectivity index (χ3n) is 3.03. The van der Waals surface area contributed by atoms with Gasteiger partial charge in [-0.2, -0.15) is 0 Å². The van der Waals surface area contributed by atoms with Crippen LogP contribution in [0.5, 0.6) is 0 Å². The van der Waals surface area contributed by atoms with E-state index >= 15 is 0 Å². The first kappa shape index (κ1) is 15.8. The van der Waals surface area contributed by atoms with Gasteiger partial charge in [-0.1, -0.05) is 36.0 Å². The van der Waals surface area contributed by atoms with E-state index in [4.69, 9.17) is 0 Å².